The minimum atomic E-state index is -0.722. The van der Waals surface area contributed by atoms with Gasteiger partial charge in [0.2, 0.25) is 0 Å². The van der Waals surface area contributed by atoms with Crippen LogP contribution in [0, 0.1) is 5.92 Å². The second-order valence-electron chi connectivity index (χ2n) is 5.33. The van der Waals surface area contributed by atoms with Gasteiger partial charge in [0.05, 0.1) is 5.56 Å². The molecule has 0 saturated heterocycles. The Morgan fingerprint density at radius 1 is 1.19 bits per heavy atom. The summed E-state index contributed by atoms with van der Waals surface area (Å²) in [6, 6.07) is 15.5. The van der Waals surface area contributed by atoms with Gasteiger partial charge in [-0.1, -0.05) is 56.7 Å². The van der Waals surface area contributed by atoms with Crippen LogP contribution in [0.5, 0.6) is 0 Å². The van der Waals surface area contributed by atoms with Crippen molar-refractivity contribution in [2.24, 2.45) is 5.92 Å². The van der Waals surface area contributed by atoms with E-state index in [-0.39, 0.29) is 0 Å². The van der Waals surface area contributed by atoms with E-state index in [4.69, 9.17) is 5.26 Å². The van der Waals surface area contributed by atoms with Gasteiger partial charge < -0.3 is 0 Å². The van der Waals surface area contributed by atoms with Crippen LogP contribution in [-0.2, 0) is 11.3 Å². The number of benzene rings is 2. The van der Waals surface area contributed by atoms with Crippen LogP contribution in [0.3, 0.4) is 0 Å². The van der Waals surface area contributed by atoms with Gasteiger partial charge in [0, 0.05) is 0 Å². The molecule has 0 aromatic heterocycles. The molecule has 0 aliphatic carbocycles. The summed E-state index contributed by atoms with van der Waals surface area (Å²) in [6.45, 7) is 4.34. The summed E-state index contributed by atoms with van der Waals surface area (Å²) in [6.07, 6.45) is 1.95. The fraction of sp³-hybridized carbons (Fsp3) is 0.278. The number of rotatable bonds is 5. The molecule has 2 aromatic carbocycles. The summed E-state index contributed by atoms with van der Waals surface area (Å²) in [5.74, 6) is -0.201. The van der Waals surface area contributed by atoms with Crippen LogP contribution in [-0.4, -0.2) is 11.2 Å². The van der Waals surface area contributed by atoms with Gasteiger partial charge in [-0.25, -0.2) is 4.79 Å². The van der Waals surface area contributed by atoms with Gasteiger partial charge in [-0.3, -0.25) is 4.89 Å². The van der Waals surface area contributed by atoms with E-state index in [0.717, 1.165) is 29.5 Å². The van der Waals surface area contributed by atoms with E-state index in [1.54, 1.807) is 6.07 Å². The van der Waals surface area contributed by atoms with Crippen molar-refractivity contribution < 1.29 is 14.9 Å². The van der Waals surface area contributed by atoms with Crippen molar-refractivity contribution in [3.63, 3.8) is 0 Å². The second-order valence-corrected chi connectivity index (χ2v) is 5.33. The first kappa shape index (κ1) is 15.3. The molecule has 0 aliphatic rings. The van der Waals surface area contributed by atoms with Crippen LogP contribution in [0.2, 0.25) is 0 Å². The van der Waals surface area contributed by atoms with Gasteiger partial charge in [-0.05, 0) is 41.2 Å². The van der Waals surface area contributed by atoms with Crippen molar-refractivity contribution in [2.75, 3.05) is 0 Å². The van der Waals surface area contributed by atoms with Crippen molar-refractivity contribution >= 4 is 5.97 Å². The van der Waals surface area contributed by atoms with Crippen molar-refractivity contribution in [1.82, 2.24) is 0 Å². The molecule has 1 N–H and O–H groups in total. The molecule has 0 radical (unpaired) electrons. The molecule has 0 spiro atoms. The van der Waals surface area contributed by atoms with Gasteiger partial charge in [0.25, 0.3) is 0 Å². The topological polar surface area (TPSA) is 46.5 Å². The third kappa shape index (κ3) is 3.70. The fourth-order valence-electron chi connectivity index (χ4n) is 2.36. The lowest BCUT2D eigenvalue weighted by Crippen LogP contribution is -2.05. The smallest absolute Gasteiger partial charge is 0.296 e. The number of hydrogen-bond donors (Lipinski definition) is 1. The second kappa shape index (κ2) is 7.04. The molecular formula is C18H20O3. The van der Waals surface area contributed by atoms with Gasteiger partial charge in [-0.2, -0.15) is 5.26 Å². The average Bonchev–Trinajstić information content (AvgIpc) is 2.54. The quantitative estimate of drug-likeness (QED) is 0.646. The molecule has 0 fully saturated rings. The van der Waals surface area contributed by atoms with E-state index in [2.05, 4.69) is 30.9 Å². The highest BCUT2D eigenvalue weighted by Gasteiger charge is 2.13. The van der Waals surface area contributed by atoms with E-state index in [1.165, 1.54) is 0 Å². The zero-order chi connectivity index (χ0) is 15.2. The van der Waals surface area contributed by atoms with Crippen molar-refractivity contribution in [1.29, 1.82) is 0 Å². The lowest BCUT2D eigenvalue weighted by Gasteiger charge is -2.14. The SMILES string of the molecule is CCC(C)Cc1cc(C(=O)OO)ccc1-c1ccccc1. The molecule has 2 aromatic rings. The maximum atomic E-state index is 11.5. The van der Waals surface area contributed by atoms with Crippen molar-refractivity contribution in [3.05, 3.63) is 59.7 Å². The van der Waals surface area contributed by atoms with Crippen LogP contribution in [0.1, 0.15) is 36.2 Å². The average molecular weight is 284 g/mol. The molecule has 0 bridgehead atoms. The minimum Gasteiger partial charge on any atom is -0.296 e. The van der Waals surface area contributed by atoms with Crippen LogP contribution >= 0.6 is 0 Å². The monoisotopic (exact) mass is 284 g/mol. The molecule has 3 nitrogen and oxygen atoms in total. The molecule has 2 rings (SSSR count). The van der Waals surface area contributed by atoms with E-state index in [1.807, 2.05) is 30.3 Å². The number of carbonyl (C=O) groups is 1. The maximum absolute atomic E-state index is 11.5. The Balaban J connectivity index is 2.46. The Morgan fingerprint density at radius 2 is 1.90 bits per heavy atom. The predicted molar refractivity (Wildman–Crippen MR) is 83.1 cm³/mol. The lowest BCUT2D eigenvalue weighted by molar-refractivity contribution is -0.182. The Bertz CT molecular complexity index is 605. The summed E-state index contributed by atoms with van der Waals surface area (Å²) < 4.78 is 0. The Labute approximate surface area is 125 Å². The van der Waals surface area contributed by atoms with Crippen molar-refractivity contribution in [3.8, 4) is 11.1 Å². The van der Waals surface area contributed by atoms with E-state index in [9.17, 15) is 4.79 Å². The minimum absolute atomic E-state index is 0.371. The first-order chi connectivity index (χ1) is 10.2. The zero-order valence-corrected chi connectivity index (χ0v) is 12.4. The van der Waals surface area contributed by atoms with Gasteiger partial charge in [-0.15, -0.1) is 0 Å². The summed E-state index contributed by atoms with van der Waals surface area (Å²) in [5.41, 5.74) is 3.71. The molecule has 0 amide bonds. The van der Waals surface area contributed by atoms with Crippen LogP contribution in [0.25, 0.3) is 11.1 Å². The Morgan fingerprint density at radius 3 is 2.52 bits per heavy atom. The molecule has 3 heteroatoms. The standard InChI is InChI=1S/C18H20O3/c1-3-13(2)11-16-12-15(18(19)21-20)9-10-17(16)14-7-5-4-6-8-14/h4-10,12-13,20H,3,11H2,1-2H3. The molecule has 0 aliphatic heterocycles. The largest absolute Gasteiger partial charge is 0.372 e. The highest BCUT2D eigenvalue weighted by atomic mass is 17.1. The van der Waals surface area contributed by atoms with Crippen molar-refractivity contribution in [2.45, 2.75) is 26.7 Å². The van der Waals surface area contributed by atoms with E-state index in [0.29, 0.717) is 11.5 Å². The molecule has 1 atom stereocenters. The highest BCUT2D eigenvalue weighted by Crippen LogP contribution is 2.27. The summed E-state index contributed by atoms with van der Waals surface area (Å²) in [4.78, 5) is 15.3. The normalized spacial score (nSPS) is 12.0. The predicted octanol–water partition coefficient (Wildman–Crippen LogP) is 4.57. The van der Waals surface area contributed by atoms with Gasteiger partial charge in [0.1, 0.15) is 0 Å². The molecular weight excluding hydrogens is 264 g/mol. The first-order valence-corrected chi connectivity index (χ1v) is 7.19. The maximum Gasteiger partial charge on any atom is 0.372 e. The molecule has 1 unspecified atom stereocenters. The Kier molecular flexibility index (Phi) is 5.12. The lowest BCUT2D eigenvalue weighted by atomic mass is 9.90. The number of carbonyl (C=O) groups excluding carboxylic acids is 1. The summed E-state index contributed by atoms with van der Waals surface area (Å²) in [5, 5.41) is 8.54. The summed E-state index contributed by atoms with van der Waals surface area (Å²) in [7, 11) is 0. The number of hydrogen-bond acceptors (Lipinski definition) is 3. The van der Waals surface area contributed by atoms with Gasteiger partial charge in [0.15, 0.2) is 0 Å². The van der Waals surface area contributed by atoms with Crippen LogP contribution in [0.4, 0.5) is 0 Å². The van der Waals surface area contributed by atoms with E-state index < -0.39 is 5.97 Å². The molecule has 21 heavy (non-hydrogen) atoms. The summed E-state index contributed by atoms with van der Waals surface area (Å²) >= 11 is 0. The molecule has 110 valence electrons. The first-order valence-electron chi connectivity index (χ1n) is 7.19. The van der Waals surface area contributed by atoms with Crippen LogP contribution in [0.15, 0.2) is 48.5 Å². The third-order valence-electron chi connectivity index (χ3n) is 3.77. The van der Waals surface area contributed by atoms with Gasteiger partial charge >= 0.3 is 5.97 Å². The fourth-order valence-corrected chi connectivity index (χ4v) is 2.36. The molecule has 0 saturated carbocycles. The third-order valence-corrected chi connectivity index (χ3v) is 3.77. The highest BCUT2D eigenvalue weighted by molar-refractivity contribution is 5.90. The van der Waals surface area contributed by atoms with Crippen LogP contribution < -0.4 is 0 Å². The Hall–Kier alpha value is -2.13. The zero-order valence-electron chi connectivity index (χ0n) is 12.4. The van der Waals surface area contributed by atoms with E-state index >= 15 is 0 Å². The molecule has 0 heterocycles.